The molecule has 3 aromatic rings. The summed E-state index contributed by atoms with van der Waals surface area (Å²) in [5, 5.41) is 1.38. The van der Waals surface area contributed by atoms with Crippen LogP contribution in [0.3, 0.4) is 0 Å². The molecular weight excluding hydrogens is 356 g/mol. The minimum absolute atomic E-state index is 0.0177. The molecular formula is C22H24N2O2S. The van der Waals surface area contributed by atoms with Crippen molar-refractivity contribution in [2.24, 2.45) is 0 Å². The lowest BCUT2D eigenvalue weighted by atomic mass is 10.1. The van der Waals surface area contributed by atoms with Crippen LogP contribution >= 0.6 is 11.8 Å². The van der Waals surface area contributed by atoms with Gasteiger partial charge in [0.25, 0.3) is 5.56 Å². The molecule has 1 atom stereocenters. The summed E-state index contributed by atoms with van der Waals surface area (Å²) in [7, 11) is 0. The predicted molar refractivity (Wildman–Crippen MR) is 111 cm³/mol. The Labute approximate surface area is 163 Å². The zero-order chi connectivity index (χ0) is 18.8. The number of aromatic nitrogens is 2. The second-order valence-corrected chi connectivity index (χ2v) is 8.11. The van der Waals surface area contributed by atoms with Crippen molar-refractivity contribution < 1.29 is 4.74 Å². The first-order valence-electron chi connectivity index (χ1n) is 9.47. The number of fused-ring (bicyclic) bond motifs is 1. The van der Waals surface area contributed by atoms with Gasteiger partial charge in [-0.25, -0.2) is 4.98 Å². The molecule has 5 heteroatoms. The number of nitrogens with zero attached hydrogens (tertiary/aromatic N) is 2. The first-order chi connectivity index (χ1) is 13.1. The molecule has 0 aliphatic carbocycles. The first-order valence-corrected chi connectivity index (χ1v) is 10.5. The summed E-state index contributed by atoms with van der Waals surface area (Å²) in [6.45, 7) is 4.98. The zero-order valence-corrected chi connectivity index (χ0v) is 16.6. The molecule has 4 nitrogen and oxygen atoms in total. The molecule has 0 spiro atoms. The second-order valence-electron chi connectivity index (χ2n) is 7.12. The molecule has 0 amide bonds. The number of ether oxygens (including phenoxy) is 1. The molecule has 0 N–H and O–H groups in total. The van der Waals surface area contributed by atoms with Crippen molar-refractivity contribution in [3.63, 3.8) is 0 Å². The van der Waals surface area contributed by atoms with Crippen LogP contribution < -0.4 is 5.56 Å². The van der Waals surface area contributed by atoms with Crippen LogP contribution in [-0.2, 0) is 4.74 Å². The van der Waals surface area contributed by atoms with Gasteiger partial charge in [-0.05, 0) is 68.5 Å². The van der Waals surface area contributed by atoms with Crippen molar-refractivity contribution in [1.29, 1.82) is 0 Å². The summed E-state index contributed by atoms with van der Waals surface area (Å²) < 4.78 is 7.61. The molecule has 27 heavy (non-hydrogen) atoms. The third kappa shape index (κ3) is 3.80. The van der Waals surface area contributed by atoms with Gasteiger partial charge in [-0.15, -0.1) is 0 Å². The molecule has 2 aromatic carbocycles. The lowest BCUT2D eigenvalue weighted by Gasteiger charge is -2.22. The van der Waals surface area contributed by atoms with E-state index in [0.29, 0.717) is 5.39 Å². The third-order valence-electron chi connectivity index (χ3n) is 5.17. The topological polar surface area (TPSA) is 44.1 Å². The Morgan fingerprint density at radius 3 is 2.78 bits per heavy atom. The summed E-state index contributed by atoms with van der Waals surface area (Å²) >= 11 is 1.61. The van der Waals surface area contributed by atoms with E-state index in [1.807, 2.05) is 30.3 Å². The maximum Gasteiger partial charge on any atom is 0.266 e. The van der Waals surface area contributed by atoms with Gasteiger partial charge in [0.2, 0.25) is 0 Å². The van der Waals surface area contributed by atoms with E-state index < -0.39 is 0 Å². The van der Waals surface area contributed by atoms with E-state index >= 15 is 0 Å². The van der Waals surface area contributed by atoms with Gasteiger partial charge in [-0.3, -0.25) is 9.36 Å². The average Bonchev–Trinajstić information content (AvgIpc) is 2.70. The van der Waals surface area contributed by atoms with Crippen molar-refractivity contribution in [2.75, 3.05) is 12.4 Å². The van der Waals surface area contributed by atoms with Crippen molar-refractivity contribution in [3.05, 3.63) is 63.9 Å². The maximum atomic E-state index is 13.3. The molecule has 140 valence electrons. The molecule has 4 rings (SSSR count). The lowest BCUT2D eigenvalue weighted by molar-refractivity contribution is 0.0315. The van der Waals surface area contributed by atoms with Crippen LogP contribution in [0.25, 0.3) is 16.6 Å². The van der Waals surface area contributed by atoms with E-state index in [1.165, 1.54) is 17.5 Å². The quantitative estimate of drug-likeness (QED) is 0.488. The minimum atomic E-state index is -0.0177. The largest absolute Gasteiger partial charge is 0.377 e. The highest BCUT2D eigenvalue weighted by atomic mass is 32.2. The fourth-order valence-corrected chi connectivity index (χ4v) is 4.49. The third-order valence-corrected chi connectivity index (χ3v) is 6.24. The Morgan fingerprint density at radius 1 is 1.15 bits per heavy atom. The number of rotatable bonds is 4. The van der Waals surface area contributed by atoms with Crippen LogP contribution in [0.4, 0.5) is 0 Å². The fourth-order valence-electron chi connectivity index (χ4n) is 3.41. The van der Waals surface area contributed by atoms with Crippen LogP contribution in [-0.4, -0.2) is 28.0 Å². The van der Waals surface area contributed by atoms with E-state index in [1.54, 1.807) is 16.3 Å². The van der Waals surface area contributed by atoms with Gasteiger partial charge in [0.1, 0.15) is 0 Å². The van der Waals surface area contributed by atoms with Crippen LogP contribution in [0.1, 0.15) is 30.4 Å². The molecule has 1 aliphatic heterocycles. The van der Waals surface area contributed by atoms with Crippen LogP contribution in [0, 0.1) is 13.8 Å². The van der Waals surface area contributed by atoms with Gasteiger partial charge in [0.15, 0.2) is 5.16 Å². The summed E-state index contributed by atoms with van der Waals surface area (Å²) in [6.07, 6.45) is 3.66. The SMILES string of the molecule is Cc1ccc(-n2c(SC[C@@H]3CCCCO3)nc3ccccc3c2=O)cc1C. The first kappa shape index (κ1) is 18.3. The van der Waals surface area contributed by atoms with Gasteiger partial charge < -0.3 is 4.74 Å². The molecule has 0 saturated carbocycles. The van der Waals surface area contributed by atoms with Gasteiger partial charge in [-0.1, -0.05) is 30.0 Å². The van der Waals surface area contributed by atoms with Crippen molar-refractivity contribution in [2.45, 2.75) is 44.4 Å². The average molecular weight is 381 g/mol. The van der Waals surface area contributed by atoms with Gasteiger partial charge in [0, 0.05) is 12.4 Å². The number of aryl methyl sites for hydroxylation is 2. The van der Waals surface area contributed by atoms with Gasteiger partial charge >= 0.3 is 0 Å². The van der Waals surface area contributed by atoms with Crippen molar-refractivity contribution in [1.82, 2.24) is 9.55 Å². The molecule has 0 radical (unpaired) electrons. The van der Waals surface area contributed by atoms with E-state index in [2.05, 4.69) is 26.0 Å². The summed E-state index contributed by atoms with van der Waals surface area (Å²) in [6, 6.07) is 13.7. The monoisotopic (exact) mass is 380 g/mol. The van der Waals surface area contributed by atoms with Crippen LogP contribution in [0.15, 0.2) is 52.4 Å². The van der Waals surface area contributed by atoms with E-state index in [0.717, 1.165) is 41.6 Å². The lowest BCUT2D eigenvalue weighted by Crippen LogP contribution is -2.24. The fraction of sp³-hybridized carbons (Fsp3) is 0.364. The van der Waals surface area contributed by atoms with Crippen molar-refractivity contribution in [3.8, 4) is 5.69 Å². The molecule has 1 fully saturated rings. The van der Waals surface area contributed by atoms with Crippen molar-refractivity contribution >= 4 is 22.7 Å². The minimum Gasteiger partial charge on any atom is -0.377 e. The molecule has 2 heterocycles. The summed E-state index contributed by atoms with van der Waals surface area (Å²) in [5.74, 6) is 0.815. The normalized spacial score (nSPS) is 17.3. The highest BCUT2D eigenvalue weighted by molar-refractivity contribution is 7.99. The molecule has 1 aromatic heterocycles. The second kappa shape index (κ2) is 7.87. The van der Waals surface area contributed by atoms with Crippen LogP contribution in [0.5, 0.6) is 0 Å². The van der Waals surface area contributed by atoms with Gasteiger partial charge in [0.05, 0.1) is 22.7 Å². The highest BCUT2D eigenvalue weighted by Gasteiger charge is 2.18. The summed E-state index contributed by atoms with van der Waals surface area (Å²) in [4.78, 5) is 18.1. The Bertz CT molecular complexity index is 1020. The number of hydrogen-bond donors (Lipinski definition) is 0. The van der Waals surface area contributed by atoms with Crippen LogP contribution in [0.2, 0.25) is 0 Å². The maximum absolute atomic E-state index is 13.3. The Morgan fingerprint density at radius 2 is 2.00 bits per heavy atom. The molecule has 1 aliphatic rings. The highest BCUT2D eigenvalue weighted by Crippen LogP contribution is 2.25. The molecule has 0 bridgehead atoms. The smallest absolute Gasteiger partial charge is 0.266 e. The van der Waals surface area contributed by atoms with Gasteiger partial charge in [-0.2, -0.15) is 0 Å². The Balaban J connectivity index is 1.79. The Kier molecular flexibility index (Phi) is 5.32. The van der Waals surface area contributed by atoms with E-state index in [9.17, 15) is 4.79 Å². The number of benzene rings is 2. The molecule has 1 saturated heterocycles. The Hall–Kier alpha value is -2.11. The zero-order valence-electron chi connectivity index (χ0n) is 15.8. The number of thioether (sulfide) groups is 1. The van der Waals surface area contributed by atoms with E-state index in [-0.39, 0.29) is 11.7 Å². The van der Waals surface area contributed by atoms with E-state index in [4.69, 9.17) is 9.72 Å². The number of para-hydroxylation sites is 1. The number of hydrogen-bond acceptors (Lipinski definition) is 4. The summed E-state index contributed by atoms with van der Waals surface area (Å²) in [5.41, 5.74) is 3.98. The standard InChI is InChI=1S/C22H24N2O2S/c1-15-10-11-17(13-16(15)2)24-21(25)19-8-3-4-9-20(19)23-22(24)27-14-18-7-5-6-12-26-18/h3-4,8-11,13,18H,5-7,12,14H2,1-2H3/t18-/m0/s1. The molecule has 0 unspecified atom stereocenters. The predicted octanol–water partition coefficient (Wildman–Crippen LogP) is 4.66.